The number of rotatable bonds is 2. The van der Waals surface area contributed by atoms with Crippen LogP contribution >= 0.6 is 0 Å². The van der Waals surface area contributed by atoms with Gasteiger partial charge in [0.1, 0.15) is 11.9 Å². The first kappa shape index (κ1) is 13.8. The van der Waals surface area contributed by atoms with Crippen LogP contribution in [0.1, 0.15) is 21.9 Å². The fourth-order valence-electron chi connectivity index (χ4n) is 2.15. The van der Waals surface area contributed by atoms with Crippen molar-refractivity contribution in [2.45, 2.75) is 26.3 Å². The lowest BCUT2D eigenvalue weighted by atomic mass is 10.1. The van der Waals surface area contributed by atoms with Crippen LogP contribution in [0.2, 0.25) is 0 Å². The molecule has 0 spiro atoms. The van der Waals surface area contributed by atoms with Gasteiger partial charge in [0.25, 0.3) is 12.3 Å². The molecule has 0 bridgehead atoms. The lowest BCUT2D eigenvalue weighted by Gasteiger charge is -2.35. The zero-order chi connectivity index (χ0) is 14.0. The van der Waals surface area contributed by atoms with Crippen molar-refractivity contribution in [1.82, 2.24) is 20.2 Å². The van der Waals surface area contributed by atoms with Crippen LogP contribution in [0.5, 0.6) is 0 Å². The maximum atomic E-state index is 12.9. The maximum absolute atomic E-state index is 12.9. The van der Waals surface area contributed by atoms with Gasteiger partial charge in [-0.25, -0.2) is 18.7 Å². The number of nitrogens with zero attached hydrogens (tertiary/aromatic N) is 3. The van der Waals surface area contributed by atoms with Gasteiger partial charge >= 0.3 is 0 Å². The predicted molar refractivity (Wildman–Crippen MR) is 65.2 cm³/mol. The van der Waals surface area contributed by atoms with Gasteiger partial charge in [0.05, 0.1) is 11.3 Å². The lowest BCUT2D eigenvalue weighted by Crippen LogP contribution is -2.56. The normalized spacial score (nSPS) is 19.8. The molecule has 0 radical (unpaired) electrons. The molecule has 104 valence electrons. The van der Waals surface area contributed by atoms with Crippen molar-refractivity contribution in [3.05, 3.63) is 23.3 Å². The number of alkyl halides is 2. The van der Waals surface area contributed by atoms with Crippen LogP contribution in [-0.4, -0.2) is 52.9 Å². The van der Waals surface area contributed by atoms with Crippen LogP contribution in [0, 0.1) is 13.8 Å². The first-order valence-electron chi connectivity index (χ1n) is 6.10. The molecule has 2 heterocycles. The van der Waals surface area contributed by atoms with Crippen molar-refractivity contribution >= 4 is 5.91 Å². The van der Waals surface area contributed by atoms with Gasteiger partial charge in [-0.05, 0) is 13.8 Å². The summed E-state index contributed by atoms with van der Waals surface area (Å²) in [5, 5.41) is 2.87. The van der Waals surface area contributed by atoms with Crippen LogP contribution in [0.4, 0.5) is 8.78 Å². The molecule has 1 saturated heterocycles. The summed E-state index contributed by atoms with van der Waals surface area (Å²) in [5.74, 6) is 0.129. The van der Waals surface area contributed by atoms with E-state index in [-0.39, 0.29) is 18.7 Å². The Morgan fingerprint density at radius 3 is 2.89 bits per heavy atom. The van der Waals surface area contributed by atoms with Crippen LogP contribution in [0.15, 0.2) is 6.20 Å². The van der Waals surface area contributed by atoms with E-state index in [0.29, 0.717) is 18.1 Å². The molecule has 1 amide bonds. The molecule has 1 aliphatic heterocycles. The lowest BCUT2D eigenvalue weighted by molar-refractivity contribution is 0.0125. The highest BCUT2D eigenvalue weighted by Gasteiger charge is 2.34. The topological polar surface area (TPSA) is 58.1 Å². The van der Waals surface area contributed by atoms with Gasteiger partial charge < -0.3 is 10.2 Å². The number of amides is 1. The van der Waals surface area contributed by atoms with Crippen LogP contribution in [0.25, 0.3) is 0 Å². The monoisotopic (exact) mass is 270 g/mol. The van der Waals surface area contributed by atoms with Gasteiger partial charge in [-0.1, -0.05) is 0 Å². The molecule has 1 unspecified atom stereocenters. The summed E-state index contributed by atoms with van der Waals surface area (Å²) < 4.78 is 25.9. The second-order valence-corrected chi connectivity index (χ2v) is 4.52. The van der Waals surface area contributed by atoms with Crippen molar-refractivity contribution in [3.63, 3.8) is 0 Å². The summed E-state index contributed by atoms with van der Waals surface area (Å²) in [7, 11) is 0. The number of aryl methyl sites for hydroxylation is 2. The van der Waals surface area contributed by atoms with E-state index in [0.717, 1.165) is 0 Å². The summed E-state index contributed by atoms with van der Waals surface area (Å²) in [5.41, 5.74) is 0.808. The molecule has 1 aromatic heterocycles. The molecule has 0 aliphatic carbocycles. The summed E-state index contributed by atoms with van der Waals surface area (Å²) in [6, 6.07) is -1.10. The molecule has 19 heavy (non-hydrogen) atoms. The van der Waals surface area contributed by atoms with E-state index in [1.807, 2.05) is 0 Å². The molecule has 1 aliphatic rings. The van der Waals surface area contributed by atoms with Crippen molar-refractivity contribution < 1.29 is 13.6 Å². The van der Waals surface area contributed by atoms with Gasteiger partial charge in [0, 0.05) is 25.8 Å². The SMILES string of the molecule is Cc1ncc(C(=O)N2CCNCC2C(F)F)c(C)n1. The van der Waals surface area contributed by atoms with Crippen molar-refractivity contribution in [3.8, 4) is 0 Å². The van der Waals surface area contributed by atoms with E-state index in [2.05, 4.69) is 15.3 Å². The Bertz CT molecular complexity index is 481. The summed E-state index contributed by atoms with van der Waals surface area (Å²) in [4.78, 5) is 21.6. The van der Waals surface area contributed by atoms with Crippen LogP contribution in [0.3, 0.4) is 0 Å². The Labute approximate surface area is 110 Å². The van der Waals surface area contributed by atoms with Crippen molar-refractivity contribution in [2.24, 2.45) is 0 Å². The van der Waals surface area contributed by atoms with Crippen LogP contribution < -0.4 is 5.32 Å². The van der Waals surface area contributed by atoms with Gasteiger partial charge in [0.15, 0.2) is 0 Å². The third-order valence-corrected chi connectivity index (χ3v) is 3.17. The van der Waals surface area contributed by atoms with Crippen molar-refractivity contribution in [2.75, 3.05) is 19.6 Å². The number of hydrogen-bond donors (Lipinski definition) is 1. The molecular formula is C12H16F2N4O. The van der Waals surface area contributed by atoms with E-state index < -0.39 is 18.4 Å². The van der Waals surface area contributed by atoms with E-state index >= 15 is 0 Å². The molecule has 1 fully saturated rings. The van der Waals surface area contributed by atoms with Crippen LogP contribution in [-0.2, 0) is 0 Å². The Hall–Kier alpha value is -1.63. The second-order valence-electron chi connectivity index (χ2n) is 4.52. The number of piperazine rings is 1. The second kappa shape index (κ2) is 5.56. The third kappa shape index (κ3) is 2.86. The Balaban J connectivity index is 2.26. The number of carbonyl (C=O) groups excluding carboxylic acids is 1. The number of halogens is 2. The quantitative estimate of drug-likeness (QED) is 0.862. The standard InChI is InChI=1S/C12H16F2N4O/c1-7-9(5-16-8(2)17-7)12(19)18-4-3-15-6-10(18)11(13)14/h5,10-11,15H,3-4,6H2,1-2H3. The first-order valence-corrected chi connectivity index (χ1v) is 6.10. The number of aromatic nitrogens is 2. The number of carbonyl (C=O) groups is 1. The highest BCUT2D eigenvalue weighted by atomic mass is 19.3. The summed E-state index contributed by atoms with van der Waals surface area (Å²) >= 11 is 0. The largest absolute Gasteiger partial charge is 0.327 e. The Morgan fingerprint density at radius 1 is 1.53 bits per heavy atom. The Kier molecular flexibility index (Phi) is 4.04. The average Bonchev–Trinajstić information content (AvgIpc) is 2.38. The number of hydrogen-bond acceptors (Lipinski definition) is 4. The molecule has 5 nitrogen and oxygen atoms in total. The predicted octanol–water partition coefficient (Wildman–Crippen LogP) is 0.773. The van der Waals surface area contributed by atoms with Gasteiger partial charge in [-0.2, -0.15) is 0 Å². The fourth-order valence-corrected chi connectivity index (χ4v) is 2.15. The zero-order valence-corrected chi connectivity index (χ0v) is 10.9. The molecule has 0 aromatic carbocycles. The smallest absolute Gasteiger partial charge is 0.259 e. The van der Waals surface area contributed by atoms with E-state index in [9.17, 15) is 13.6 Å². The zero-order valence-electron chi connectivity index (χ0n) is 10.9. The highest BCUT2D eigenvalue weighted by molar-refractivity contribution is 5.95. The van der Waals surface area contributed by atoms with Gasteiger partial charge in [-0.3, -0.25) is 4.79 Å². The first-order chi connectivity index (χ1) is 9.00. The molecule has 7 heteroatoms. The van der Waals surface area contributed by atoms with Gasteiger partial charge in [-0.15, -0.1) is 0 Å². The van der Waals surface area contributed by atoms with E-state index in [1.54, 1.807) is 13.8 Å². The maximum Gasteiger partial charge on any atom is 0.259 e. The molecule has 0 saturated carbocycles. The summed E-state index contributed by atoms with van der Waals surface area (Å²) in [6.45, 7) is 4.28. The average molecular weight is 270 g/mol. The molecule has 2 rings (SSSR count). The minimum absolute atomic E-state index is 0.106. The Morgan fingerprint density at radius 2 is 2.26 bits per heavy atom. The molecule has 1 atom stereocenters. The highest BCUT2D eigenvalue weighted by Crippen LogP contribution is 2.17. The van der Waals surface area contributed by atoms with E-state index in [4.69, 9.17) is 0 Å². The molecule has 1 N–H and O–H groups in total. The fraction of sp³-hybridized carbons (Fsp3) is 0.583. The van der Waals surface area contributed by atoms with Crippen molar-refractivity contribution in [1.29, 1.82) is 0 Å². The minimum atomic E-state index is -2.57. The van der Waals surface area contributed by atoms with Gasteiger partial charge in [0.2, 0.25) is 0 Å². The minimum Gasteiger partial charge on any atom is -0.327 e. The molecular weight excluding hydrogens is 254 g/mol. The number of nitrogens with one attached hydrogen (secondary N) is 1. The summed E-state index contributed by atoms with van der Waals surface area (Å²) in [6.07, 6.45) is -1.16. The van der Waals surface area contributed by atoms with E-state index in [1.165, 1.54) is 11.1 Å². The third-order valence-electron chi connectivity index (χ3n) is 3.17. The molecule has 1 aromatic rings.